The van der Waals surface area contributed by atoms with E-state index in [1.165, 1.54) is 44.4 Å². The van der Waals surface area contributed by atoms with Crippen molar-refractivity contribution in [1.29, 1.82) is 0 Å². The highest BCUT2D eigenvalue weighted by Crippen LogP contribution is 2.39. The van der Waals surface area contributed by atoms with Crippen LogP contribution in [0.4, 0.5) is 0 Å². The number of hydrogen-bond donors (Lipinski definition) is 0. The third kappa shape index (κ3) is 2.79. The van der Waals surface area contributed by atoms with Gasteiger partial charge in [0.25, 0.3) is 0 Å². The summed E-state index contributed by atoms with van der Waals surface area (Å²) >= 11 is 0. The molecule has 150 valence electrons. The van der Waals surface area contributed by atoms with Crippen LogP contribution in [-0.4, -0.2) is 9.13 Å². The van der Waals surface area contributed by atoms with E-state index in [1.54, 1.807) is 0 Å². The topological polar surface area (TPSA) is 9.86 Å². The molecule has 0 radical (unpaired) electrons. The minimum absolute atomic E-state index is 0.424. The lowest BCUT2D eigenvalue weighted by Crippen LogP contribution is -2.08. The van der Waals surface area contributed by atoms with Gasteiger partial charge in [-0.25, -0.2) is 0 Å². The lowest BCUT2D eigenvalue weighted by atomic mass is 9.99. The largest absolute Gasteiger partial charge is 0.303 e. The Balaban J connectivity index is 1.98. The van der Waals surface area contributed by atoms with Crippen molar-refractivity contribution in [3.05, 3.63) is 96.2 Å². The molecule has 0 aliphatic carbocycles. The first kappa shape index (κ1) is 18.7. The Kier molecular flexibility index (Phi) is 4.51. The molecule has 30 heavy (non-hydrogen) atoms. The molecule has 0 aliphatic rings. The number of rotatable bonds is 4. The van der Waals surface area contributed by atoms with E-state index in [9.17, 15) is 0 Å². The number of aromatic nitrogens is 2. The molecular weight excluding hydrogens is 364 g/mol. The van der Waals surface area contributed by atoms with Crippen molar-refractivity contribution in [2.24, 2.45) is 0 Å². The normalized spacial score (nSPS) is 11.9. The van der Waals surface area contributed by atoms with Gasteiger partial charge in [-0.05, 0) is 47.2 Å². The van der Waals surface area contributed by atoms with Gasteiger partial charge in [-0.15, -0.1) is 0 Å². The SMILES string of the molecule is CC(C)c1ccn(-c2ccccc2)c1-n1c2ccccc2c2cccc(C(C)C)c21. The van der Waals surface area contributed by atoms with E-state index in [0.29, 0.717) is 11.8 Å². The van der Waals surface area contributed by atoms with Crippen LogP contribution in [-0.2, 0) is 0 Å². The summed E-state index contributed by atoms with van der Waals surface area (Å²) in [6, 6.07) is 28.5. The summed E-state index contributed by atoms with van der Waals surface area (Å²) in [4.78, 5) is 0. The average Bonchev–Trinajstić information content (AvgIpc) is 3.33. The molecule has 0 atom stereocenters. The lowest BCUT2D eigenvalue weighted by molar-refractivity contribution is 0.834. The lowest BCUT2D eigenvalue weighted by Gasteiger charge is -2.19. The molecule has 5 aromatic rings. The van der Waals surface area contributed by atoms with E-state index >= 15 is 0 Å². The minimum atomic E-state index is 0.424. The van der Waals surface area contributed by atoms with Crippen molar-refractivity contribution in [2.45, 2.75) is 39.5 Å². The average molecular weight is 393 g/mol. The Hall–Kier alpha value is -3.26. The van der Waals surface area contributed by atoms with E-state index < -0.39 is 0 Å². The van der Waals surface area contributed by atoms with Crippen LogP contribution >= 0.6 is 0 Å². The first-order valence-electron chi connectivity index (χ1n) is 10.9. The molecule has 0 bridgehead atoms. The van der Waals surface area contributed by atoms with Crippen molar-refractivity contribution < 1.29 is 0 Å². The molecule has 5 rings (SSSR count). The van der Waals surface area contributed by atoms with Gasteiger partial charge in [0.15, 0.2) is 0 Å². The molecule has 0 N–H and O–H groups in total. The van der Waals surface area contributed by atoms with Gasteiger partial charge < -0.3 is 4.57 Å². The Labute approximate surface area is 178 Å². The molecule has 0 spiro atoms. The van der Waals surface area contributed by atoms with Crippen LogP contribution in [0.1, 0.15) is 50.7 Å². The van der Waals surface area contributed by atoms with E-state index in [1.807, 2.05) is 0 Å². The zero-order valence-corrected chi connectivity index (χ0v) is 18.1. The fourth-order valence-electron chi connectivity index (χ4n) is 4.65. The summed E-state index contributed by atoms with van der Waals surface area (Å²) in [6.45, 7) is 9.14. The van der Waals surface area contributed by atoms with Crippen LogP contribution in [0, 0.1) is 0 Å². The molecule has 0 saturated carbocycles. The first-order valence-corrected chi connectivity index (χ1v) is 10.9. The second-order valence-corrected chi connectivity index (χ2v) is 8.71. The summed E-state index contributed by atoms with van der Waals surface area (Å²) in [5.41, 5.74) is 6.52. The quantitative estimate of drug-likeness (QED) is 0.295. The number of nitrogens with zero attached hydrogens (tertiary/aromatic N) is 2. The molecular formula is C28H28N2. The smallest absolute Gasteiger partial charge is 0.125 e. The second-order valence-electron chi connectivity index (χ2n) is 8.71. The Bertz CT molecular complexity index is 1330. The molecule has 0 fully saturated rings. The third-order valence-corrected chi connectivity index (χ3v) is 6.11. The van der Waals surface area contributed by atoms with Crippen LogP contribution < -0.4 is 0 Å². The van der Waals surface area contributed by atoms with Crippen LogP contribution in [0.3, 0.4) is 0 Å². The van der Waals surface area contributed by atoms with Gasteiger partial charge in [0.1, 0.15) is 5.82 Å². The molecule has 2 aromatic heterocycles. The molecule has 2 nitrogen and oxygen atoms in total. The summed E-state index contributed by atoms with van der Waals surface area (Å²) in [5, 5.41) is 2.64. The van der Waals surface area contributed by atoms with Crippen molar-refractivity contribution in [2.75, 3.05) is 0 Å². The molecule has 2 heterocycles. The summed E-state index contributed by atoms with van der Waals surface area (Å²) in [7, 11) is 0. The van der Waals surface area contributed by atoms with Crippen LogP contribution in [0.2, 0.25) is 0 Å². The maximum Gasteiger partial charge on any atom is 0.125 e. The zero-order chi connectivity index (χ0) is 20.8. The maximum atomic E-state index is 2.50. The van der Waals surface area contributed by atoms with Crippen LogP contribution in [0.5, 0.6) is 0 Å². The highest BCUT2D eigenvalue weighted by atomic mass is 15.2. The Morgan fingerprint density at radius 2 is 1.27 bits per heavy atom. The van der Waals surface area contributed by atoms with Gasteiger partial charge in [-0.1, -0.05) is 82.3 Å². The predicted octanol–water partition coefficient (Wildman–Crippen LogP) is 7.82. The van der Waals surface area contributed by atoms with Gasteiger partial charge in [0.2, 0.25) is 0 Å². The van der Waals surface area contributed by atoms with E-state index in [-0.39, 0.29) is 0 Å². The van der Waals surface area contributed by atoms with E-state index in [0.717, 1.165) is 0 Å². The summed E-state index contributed by atoms with van der Waals surface area (Å²) in [5.74, 6) is 2.11. The monoisotopic (exact) mass is 392 g/mol. The van der Waals surface area contributed by atoms with Gasteiger partial charge >= 0.3 is 0 Å². The molecule has 0 amide bonds. The Morgan fingerprint density at radius 3 is 2.00 bits per heavy atom. The second kappa shape index (κ2) is 7.21. The van der Waals surface area contributed by atoms with Gasteiger partial charge in [-0.2, -0.15) is 0 Å². The fraction of sp³-hybridized carbons (Fsp3) is 0.214. The number of hydrogen-bond acceptors (Lipinski definition) is 0. The molecule has 0 unspecified atom stereocenters. The highest BCUT2D eigenvalue weighted by molar-refractivity contribution is 6.10. The van der Waals surface area contributed by atoms with Crippen LogP contribution in [0.25, 0.3) is 33.3 Å². The standard InChI is InChI=1S/C28H28N2/c1-19(2)22-14-10-15-25-24-13-8-9-16-26(24)30(27(22)25)28-23(20(3)4)17-18-29(28)21-11-6-5-7-12-21/h5-20H,1-4H3. The van der Waals surface area contributed by atoms with Crippen molar-refractivity contribution >= 4 is 21.8 Å². The molecule has 0 saturated heterocycles. The van der Waals surface area contributed by atoms with Gasteiger partial charge in [0, 0.05) is 22.7 Å². The third-order valence-electron chi connectivity index (χ3n) is 6.11. The van der Waals surface area contributed by atoms with Crippen molar-refractivity contribution in [3.63, 3.8) is 0 Å². The fourth-order valence-corrected chi connectivity index (χ4v) is 4.65. The van der Waals surface area contributed by atoms with Crippen molar-refractivity contribution in [3.8, 4) is 11.5 Å². The van der Waals surface area contributed by atoms with E-state index in [4.69, 9.17) is 0 Å². The molecule has 3 aromatic carbocycles. The number of fused-ring (bicyclic) bond motifs is 3. The number of para-hydroxylation sites is 3. The van der Waals surface area contributed by atoms with E-state index in [2.05, 4.69) is 122 Å². The van der Waals surface area contributed by atoms with Gasteiger partial charge in [-0.3, -0.25) is 4.57 Å². The van der Waals surface area contributed by atoms with Gasteiger partial charge in [0.05, 0.1) is 11.0 Å². The molecule has 2 heteroatoms. The highest BCUT2D eigenvalue weighted by Gasteiger charge is 2.22. The first-order chi connectivity index (χ1) is 14.6. The Morgan fingerprint density at radius 1 is 0.600 bits per heavy atom. The van der Waals surface area contributed by atoms with Crippen molar-refractivity contribution in [1.82, 2.24) is 9.13 Å². The molecule has 0 aliphatic heterocycles. The summed E-state index contributed by atoms with van der Waals surface area (Å²) in [6.07, 6.45) is 2.22. The summed E-state index contributed by atoms with van der Waals surface area (Å²) < 4.78 is 4.85. The number of benzene rings is 3. The van der Waals surface area contributed by atoms with Crippen LogP contribution in [0.15, 0.2) is 85.1 Å². The maximum absolute atomic E-state index is 2.50. The predicted molar refractivity (Wildman–Crippen MR) is 128 cm³/mol. The minimum Gasteiger partial charge on any atom is -0.303 e. The zero-order valence-electron chi connectivity index (χ0n) is 18.1.